The number of aromatic nitrogens is 2. The fraction of sp³-hybridized carbons (Fsp3) is 0.214. The van der Waals surface area contributed by atoms with Crippen molar-refractivity contribution >= 4 is 5.82 Å². The Morgan fingerprint density at radius 2 is 2.00 bits per heavy atom. The predicted molar refractivity (Wildman–Crippen MR) is 68.0 cm³/mol. The third-order valence-corrected chi connectivity index (χ3v) is 3.12. The third-order valence-electron chi connectivity index (χ3n) is 3.12. The lowest BCUT2D eigenvalue weighted by Gasteiger charge is -2.04. The second kappa shape index (κ2) is 4.46. The Balaban J connectivity index is 1.64. The first-order chi connectivity index (χ1) is 8.86. The van der Waals surface area contributed by atoms with Crippen LogP contribution in [0.4, 0.5) is 5.82 Å². The number of nitrogens with zero attached hydrogens (tertiary/aromatic N) is 3. The largest absolute Gasteiger partial charge is 0.365 e. The van der Waals surface area contributed by atoms with Crippen LogP contribution in [-0.2, 0) is 0 Å². The molecule has 1 aliphatic carbocycles. The summed E-state index contributed by atoms with van der Waals surface area (Å²) in [6, 6.07) is 12.8. The zero-order valence-corrected chi connectivity index (χ0v) is 9.74. The Bertz CT molecular complexity index is 571. The van der Waals surface area contributed by atoms with Crippen molar-refractivity contribution in [3.8, 4) is 6.07 Å². The lowest BCUT2D eigenvalue weighted by atomic mass is 10.1. The van der Waals surface area contributed by atoms with E-state index in [1.165, 1.54) is 11.8 Å². The van der Waals surface area contributed by atoms with Gasteiger partial charge in [-0.15, -0.1) is 0 Å². The first-order valence-corrected chi connectivity index (χ1v) is 5.90. The van der Waals surface area contributed by atoms with Gasteiger partial charge in [0.25, 0.3) is 0 Å². The fourth-order valence-corrected chi connectivity index (χ4v) is 2.07. The summed E-state index contributed by atoms with van der Waals surface area (Å²) in [5.74, 6) is 1.29. The van der Waals surface area contributed by atoms with Crippen LogP contribution in [0.25, 0.3) is 0 Å². The average Bonchev–Trinajstić information content (AvgIpc) is 3.20. The molecule has 0 aliphatic heterocycles. The van der Waals surface area contributed by atoms with Crippen molar-refractivity contribution in [1.82, 2.24) is 9.97 Å². The Morgan fingerprint density at radius 3 is 2.67 bits per heavy atom. The van der Waals surface area contributed by atoms with Crippen LogP contribution < -0.4 is 5.32 Å². The average molecular weight is 236 g/mol. The molecule has 0 bridgehead atoms. The highest BCUT2D eigenvalue weighted by molar-refractivity contribution is 5.40. The van der Waals surface area contributed by atoms with Gasteiger partial charge in [-0.05, 0) is 12.0 Å². The summed E-state index contributed by atoms with van der Waals surface area (Å²) < 4.78 is 0. The molecule has 0 spiro atoms. The van der Waals surface area contributed by atoms with Crippen LogP contribution >= 0.6 is 0 Å². The summed E-state index contributed by atoms with van der Waals surface area (Å²) in [7, 11) is 0. The lowest BCUT2D eigenvalue weighted by molar-refractivity contribution is 1.02. The molecular formula is C14H12N4. The molecule has 1 aromatic carbocycles. The van der Waals surface area contributed by atoms with E-state index in [2.05, 4.69) is 39.6 Å². The van der Waals surface area contributed by atoms with Crippen molar-refractivity contribution in [2.75, 3.05) is 5.32 Å². The molecule has 2 unspecified atom stereocenters. The number of nitriles is 1. The molecule has 1 aromatic heterocycles. The summed E-state index contributed by atoms with van der Waals surface area (Å²) in [6.45, 7) is 0. The van der Waals surface area contributed by atoms with E-state index in [4.69, 9.17) is 5.26 Å². The maximum Gasteiger partial charge on any atom is 0.158 e. The molecule has 0 radical (unpaired) electrons. The smallest absolute Gasteiger partial charge is 0.158 e. The molecule has 18 heavy (non-hydrogen) atoms. The Kier molecular flexibility index (Phi) is 2.66. The van der Waals surface area contributed by atoms with Crippen LogP contribution in [0.3, 0.4) is 0 Å². The van der Waals surface area contributed by atoms with Crippen LogP contribution in [-0.4, -0.2) is 16.0 Å². The van der Waals surface area contributed by atoms with Crippen LogP contribution in [0.15, 0.2) is 42.7 Å². The van der Waals surface area contributed by atoms with E-state index in [0.29, 0.717) is 17.7 Å². The minimum Gasteiger partial charge on any atom is -0.365 e. The summed E-state index contributed by atoms with van der Waals surface area (Å²) in [4.78, 5) is 8.15. The zero-order valence-electron chi connectivity index (χ0n) is 9.74. The van der Waals surface area contributed by atoms with Crippen LogP contribution in [0.1, 0.15) is 23.6 Å². The predicted octanol–water partition coefficient (Wildman–Crippen LogP) is 2.32. The van der Waals surface area contributed by atoms with Gasteiger partial charge in [0.1, 0.15) is 11.9 Å². The van der Waals surface area contributed by atoms with Crippen molar-refractivity contribution in [2.45, 2.75) is 18.4 Å². The minimum absolute atomic E-state index is 0.343. The van der Waals surface area contributed by atoms with Crippen LogP contribution in [0.2, 0.25) is 0 Å². The number of nitrogens with one attached hydrogen (secondary N) is 1. The highest BCUT2D eigenvalue weighted by Gasteiger charge is 2.38. The van der Waals surface area contributed by atoms with Gasteiger partial charge in [-0.25, -0.2) is 9.97 Å². The first kappa shape index (κ1) is 10.7. The maximum atomic E-state index is 8.64. The van der Waals surface area contributed by atoms with E-state index in [1.807, 2.05) is 12.1 Å². The molecule has 1 N–H and O–H groups in total. The number of hydrogen-bond acceptors (Lipinski definition) is 4. The SMILES string of the molecule is N#Cc1cnc(NC2CC2c2ccccc2)cn1. The van der Waals surface area contributed by atoms with Gasteiger partial charge in [0.05, 0.1) is 12.4 Å². The second-order valence-corrected chi connectivity index (χ2v) is 4.40. The highest BCUT2D eigenvalue weighted by Crippen LogP contribution is 2.42. The van der Waals surface area contributed by atoms with Gasteiger partial charge in [-0.3, -0.25) is 0 Å². The number of anilines is 1. The molecular weight excluding hydrogens is 224 g/mol. The first-order valence-electron chi connectivity index (χ1n) is 5.90. The van der Waals surface area contributed by atoms with Crippen LogP contribution in [0.5, 0.6) is 0 Å². The van der Waals surface area contributed by atoms with Crippen molar-refractivity contribution in [3.63, 3.8) is 0 Å². The zero-order chi connectivity index (χ0) is 12.4. The molecule has 1 fully saturated rings. The quantitative estimate of drug-likeness (QED) is 0.888. The van der Waals surface area contributed by atoms with E-state index in [1.54, 1.807) is 6.20 Å². The molecule has 1 heterocycles. The molecule has 0 amide bonds. The Morgan fingerprint density at radius 1 is 1.17 bits per heavy atom. The van der Waals surface area contributed by atoms with Crippen molar-refractivity contribution in [2.24, 2.45) is 0 Å². The number of rotatable bonds is 3. The lowest BCUT2D eigenvalue weighted by Crippen LogP contribution is -2.06. The van der Waals surface area contributed by atoms with Gasteiger partial charge in [-0.1, -0.05) is 30.3 Å². The molecule has 1 aliphatic rings. The number of hydrogen-bond donors (Lipinski definition) is 1. The minimum atomic E-state index is 0.343. The van der Waals surface area contributed by atoms with Gasteiger partial charge in [0.2, 0.25) is 0 Å². The van der Waals surface area contributed by atoms with Gasteiger partial charge in [-0.2, -0.15) is 5.26 Å². The van der Waals surface area contributed by atoms with E-state index >= 15 is 0 Å². The maximum absolute atomic E-state index is 8.64. The molecule has 3 rings (SSSR count). The molecule has 4 nitrogen and oxygen atoms in total. The monoisotopic (exact) mass is 236 g/mol. The molecule has 88 valence electrons. The van der Waals surface area contributed by atoms with Crippen LogP contribution in [0, 0.1) is 11.3 Å². The van der Waals surface area contributed by atoms with E-state index < -0.39 is 0 Å². The Hall–Kier alpha value is -2.41. The summed E-state index contributed by atoms with van der Waals surface area (Å²) in [5, 5.41) is 12.0. The van der Waals surface area contributed by atoms with E-state index in [-0.39, 0.29) is 0 Å². The highest BCUT2D eigenvalue weighted by atomic mass is 15.1. The Labute approximate surface area is 105 Å². The standard InChI is InChI=1S/C14H12N4/c15-7-11-8-17-14(9-16-11)18-13-6-12(13)10-4-2-1-3-5-10/h1-5,8-9,12-13H,6H2,(H,17,18). The van der Waals surface area contributed by atoms with Gasteiger partial charge >= 0.3 is 0 Å². The van der Waals surface area contributed by atoms with Gasteiger partial charge in [0.15, 0.2) is 5.69 Å². The van der Waals surface area contributed by atoms with Crippen molar-refractivity contribution < 1.29 is 0 Å². The fourth-order valence-electron chi connectivity index (χ4n) is 2.07. The summed E-state index contributed by atoms with van der Waals surface area (Å²) in [5.41, 5.74) is 1.70. The molecule has 2 atom stereocenters. The summed E-state index contributed by atoms with van der Waals surface area (Å²) >= 11 is 0. The third kappa shape index (κ3) is 2.16. The van der Waals surface area contributed by atoms with Gasteiger partial charge in [0, 0.05) is 12.0 Å². The second-order valence-electron chi connectivity index (χ2n) is 4.40. The van der Waals surface area contributed by atoms with Crippen molar-refractivity contribution in [3.05, 3.63) is 54.0 Å². The normalized spacial score (nSPS) is 21.1. The number of benzene rings is 1. The molecule has 4 heteroatoms. The summed E-state index contributed by atoms with van der Waals surface area (Å²) in [6.07, 6.45) is 4.22. The van der Waals surface area contributed by atoms with E-state index in [9.17, 15) is 0 Å². The molecule has 2 aromatic rings. The molecule has 0 saturated heterocycles. The molecule has 1 saturated carbocycles. The van der Waals surface area contributed by atoms with Crippen molar-refractivity contribution in [1.29, 1.82) is 5.26 Å². The topological polar surface area (TPSA) is 61.6 Å². The van der Waals surface area contributed by atoms with Gasteiger partial charge < -0.3 is 5.32 Å². The van der Waals surface area contributed by atoms with E-state index in [0.717, 1.165) is 12.2 Å².